The van der Waals surface area contributed by atoms with E-state index in [1.165, 1.54) is 77.0 Å². The van der Waals surface area contributed by atoms with Crippen molar-refractivity contribution in [3.63, 3.8) is 0 Å². The Kier molecular flexibility index (Phi) is 13.2. The van der Waals surface area contributed by atoms with E-state index in [1.54, 1.807) is 0 Å². The predicted octanol–water partition coefficient (Wildman–Crippen LogP) is 8.42. The molecule has 2 rings (SSSR count). The van der Waals surface area contributed by atoms with Crippen molar-refractivity contribution in [2.24, 2.45) is 11.8 Å². The van der Waals surface area contributed by atoms with Gasteiger partial charge in [-0.1, -0.05) is 64.2 Å². The van der Waals surface area contributed by atoms with E-state index in [2.05, 4.69) is 0 Å². The summed E-state index contributed by atoms with van der Waals surface area (Å²) in [4.78, 5) is 10.3. The number of alkyl halides is 2. The van der Waals surface area contributed by atoms with E-state index in [9.17, 15) is 4.79 Å². The number of rotatable bonds is 19. The topological polar surface area (TPSA) is 26.3 Å². The lowest BCUT2D eigenvalue weighted by molar-refractivity contribution is -0.107. The minimum Gasteiger partial charge on any atom is -0.378 e. The van der Waals surface area contributed by atoms with Crippen LogP contribution in [-0.2, 0) is 9.53 Å². The highest BCUT2D eigenvalue weighted by Gasteiger charge is 2.39. The van der Waals surface area contributed by atoms with E-state index in [-0.39, 0.29) is 0 Å². The SMILES string of the molecule is O=CCCCCCC(Cl)(Cl)CCCCCCCCCCCOC1CC2CCC1C2. The summed E-state index contributed by atoms with van der Waals surface area (Å²) in [6, 6.07) is 0. The molecule has 2 aliphatic carbocycles. The van der Waals surface area contributed by atoms with Gasteiger partial charge < -0.3 is 9.53 Å². The summed E-state index contributed by atoms with van der Waals surface area (Å²) in [6.45, 7) is 0.990. The third-order valence-corrected chi connectivity index (χ3v) is 7.81. The summed E-state index contributed by atoms with van der Waals surface area (Å²) in [5, 5.41) is 0. The Bertz CT molecular complexity index is 427. The first-order chi connectivity index (χ1) is 14.1. The van der Waals surface area contributed by atoms with Crippen LogP contribution in [0.25, 0.3) is 0 Å². The molecule has 3 unspecified atom stereocenters. The highest BCUT2D eigenvalue weighted by atomic mass is 35.5. The van der Waals surface area contributed by atoms with Gasteiger partial charge in [-0.3, -0.25) is 0 Å². The van der Waals surface area contributed by atoms with Crippen LogP contribution in [0.1, 0.15) is 122 Å². The Morgan fingerprint density at radius 1 is 0.759 bits per heavy atom. The van der Waals surface area contributed by atoms with Crippen LogP contribution in [-0.4, -0.2) is 23.3 Å². The number of carbonyl (C=O) groups excluding carboxylic acids is 1. The first-order valence-corrected chi connectivity index (χ1v) is 13.3. The molecule has 2 fully saturated rings. The van der Waals surface area contributed by atoms with E-state index >= 15 is 0 Å². The van der Waals surface area contributed by atoms with Crippen molar-refractivity contribution in [2.45, 2.75) is 132 Å². The van der Waals surface area contributed by atoms with Gasteiger partial charge in [0.25, 0.3) is 0 Å². The van der Waals surface area contributed by atoms with E-state index in [0.29, 0.717) is 12.5 Å². The maximum Gasteiger partial charge on any atom is 0.119 e. The van der Waals surface area contributed by atoms with E-state index in [0.717, 1.165) is 63.3 Å². The fraction of sp³-hybridized carbons (Fsp3) is 0.960. The molecular formula is C25H44Cl2O2. The van der Waals surface area contributed by atoms with Gasteiger partial charge in [0.15, 0.2) is 0 Å². The van der Waals surface area contributed by atoms with Crippen LogP contribution in [0.5, 0.6) is 0 Å². The minimum atomic E-state index is -0.568. The van der Waals surface area contributed by atoms with Crippen LogP contribution in [0.15, 0.2) is 0 Å². The molecule has 3 atom stereocenters. The quantitative estimate of drug-likeness (QED) is 0.113. The number of hydrogen-bond acceptors (Lipinski definition) is 2. The highest BCUT2D eigenvalue weighted by molar-refractivity contribution is 6.48. The molecule has 0 N–H and O–H groups in total. The van der Waals surface area contributed by atoms with Crippen molar-refractivity contribution < 1.29 is 9.53 Å². The molecule has 2 bridgehead atoms. The zero-order chi connectivity index (χ0) is 20.8. The lowest BCUT2D eigenvalue weighted by Crippen LogP contribution is -2.20. The molecular weight excluding hydrogens is 403 g/mol. The molecule has 0 heterocycles. The van der Waals surface area contributed by atoms with Crippen LogP contribution in [0, 0.1) is 11.8 Å². The number of carbonyl (C=O) groups is 1. The van der Waals surface area contributed by atoms with Crippen LogP contribution in [0.2, 0.25) is 0 Å². The van der Waals surface area contributed by atoms with Crippen molar-refractivity contribution in [3.05, 3.63) is 0 Å². The molecule has 0 saturated heterocycles. The summed E-state index contributed by atoms with van der Waals surface area (Å²) in [6.07, 6.45) is 24.4. The number of aldehydes is 1. The van der Waals surface area contributed by atoms with Crippen molar-refractivity contribution in [2.75, 3.05) is 6.61 Å². The molecule has 0 radical (unpaired) electrons. The lowest BCUT2D eigenvalue weighted by Gasteiger charge is -2.22. The summed E-state index contributed by atoms with van der Waals surface area (Å²) in [5.41, 5.74) is 0. The lowest BCUT2D eigenvalue weighted by atomic mass is 9.98. The highest BCUT2D eigenvalue weighted by Crippen LogP contribution is 2.45. The summed E-state index contributed by atoms with van der Waals surface area (Å²) < 4.78 is 5.57. The fourth-order valence-corrected chi connectivity index (χ4v) is 5.80. The molecule has 2 aliphatic rings. The van der Waals surface area contributed by atoms with Crippen LogP contribution < -0.4 is 0 Å². The average Bonchev–Trinajstić information content (AvgIpc) is 3.32. The molecule has 0 aliphatic heterocycles. The molecule has 0 aromatic rings. The zero-order valence-electron chi connectivity index (χ0n) is 18.5. The molecule has 170 valence electrons. The third kappa shape index (κ3) is 11.4. The minimum absolute atomic E-state index is 0.568. The molecule has 0 amide bonds. The second kappa shape index (κ2) is 15.1. The maximum atomic E-state index is 10.3. The van der Waals surface area contributed by atoms with Gasteiger partial charge in [0.1, 0.15) is 10.6 Å². The molecule has 0 spiro atoms. The number of ether oxygens (including phenoxy) is 1. The average molecular weight is 448 g/mol. The van der Waals surface area contributed by atoms with Gasteiger partial charge >= 0.3 is 0 Å². The molecule has 29 heavy (non-hydrogen) atoms. The van der Waals surface area contributed by atoms with Crippen LogP contribution in [0.4, 0.5) is 0 Å². The van der Waals surface area contributed by atoms with E-state index in [1.807, 2.05) is 0 Å². The third-order valence-electron chi connectivity index (χ3n) is 7.06. The summed E-state index contributed by atoms with van der Waals surface area (Å²) in [5.74, 6) is 1.89. The van der Waals surface area contributed by atoms with Gasteiger partial charge in [0.05, 0.1) is 6.10 Å². The zero-order valence-corrected chi connectivity index (χ0v) is 20.0. The number of fused-ring (bicyclic) bond motifs is 2. The standard InChI is InChI=1S/C25H44Cl2O2/c26-25(27,17-11-7-8-12-18-28)16-10-6-4-2-1-3-5-9-13-19-29-24-21-22-14-15-23(24)20-22/h18,22-24H,1-17,19-21H2. The van der Waals surface area contributed by atoms with Gasteiger partial charge in [0.2, 0.25) is 0 Å². The number of unbranched alkanes of at least 4 members (excludes halogenated alkanes) is 11. The van der Waals surface area contributed by atoms with Gasteiger partial charge in [-0.05, 0) is 63.2 Å². The van der Waals surface area contributed by atoms with Crippen LogP contribution in [0.3, 0.4) is 0 Å². The van der Waals surface area contributed by atoms with E-state index in [4.69, 9.17) is 27.9 Å². The Morgan fingerprint density at radius 2 is 1.34 bits per heavy atom. The number of hydrogen-bond donors (Lipinski definition) is 0. The Morgan fingerprint density at radius 3 is 1.90 bits per heavy atom. The van der Waals surface area contributed by atoms with Crippen molar-refractivity contribution >= 4 is 29.5 Å². The van der Waals surface area contributed by atoms with Crippen LogP contribution >= 0.6 is 23.2 Å². The molecule has 2 saturated carbocycles. The Hall–Kier alpha value is 0.210. The molecule has 0 aromatic carbocycles. The van der Waals surface area contributed by atoms with Crippen molar-refractivity contribution in [1.29, 1.82) is 0 Å². The molecule has 0 aromatic heterocycles. The second-order valence-corrected chi connectivity index (χ2v) is 11.3. The smallest absolute Gasteiger partial charge is 0.119 e. The van der Waals surface area contributed by atoms with Gasteiger partial charge in [-0.25, -0.2) is 0 Å². The van der Waals surface area contributed by atoms with Gasteiger partial charge in [-0.2, -0.15) is 0 Å². The van der Waals surface area contributed by atoms with Gasteiger partial charge in [0, 0.05) is 13.0 Å². The van der Waals surface area contributed by atoms with Gasteiger partial charge in [-0.15, -0.1) is 23.2 Å². The monoisotopic (exact) mass is 446 g/mol. The first-order valence-electron chi connectivity index (χ1n) is 12.5. The first kappa shape index (κ1) is 25.5. The van der Waals surface area contributed by atoms with Crippen molar-refractivity contribution in [1.82, 2.24) is 0 Å². The summed E-state index contributed by atoms with van der Waals surface area (Å²) in [7, 11) is 0. The largest absolute Gasteiger partial charge is 0.378 e. The normalized spacial score (nSPS) is 23.7. The Balaban J connectivity index is 1.29. The summed E-state index contributed by atoms with van der Waals surface area (Å²) >= 11 is 12.8. The Labute approximate surface area is 189 Å². The number of halogens is 2. The van der Waals surface area contributed by atoms with E-state index < -0.39 is 4.33 Å². The molecule has 2 nitrogen and oxygen atoms in total. The molecule has 4 heteroatoms. The predicted molar refractivity (Wildman–Crippen MR) is 125 cm³/mol. The second-order valence-electron chi connectivity index (χ2n) is 9.64. The fourth-order valence-electron chi connectivity index (χ4n) is 5.26. The van der Waals surface area contributed by atoms with Crippen molar-refractivity contribution in [3.8, 4) is 0 Å². The maximum absolute atomic E-state index is 10.3.